The van der Waals surface area contributed by atoms with Gasteiger partial charge in [-0.15, -0.1) is 11.3 Å². The van der Waals surface area contributed by atoms with E-state index in [9.17, 15) is 9.59 Å². The van der Waals surface area contributed by atoms with Gasteiger partial charge in [-0.2, -0.15) is 0 Å². The van der Waals surface area contributed by atoms with E-state index in [1.807, 2.05) is 20.8 Å². The molecule has 1 aliphatic carbocycles. The van der Waals surface area contributed by atoms with E-state index >= 15 is 0 Å². The van der Waals surface area contributed by atoms with Crippen LogP contribution >= 0.6 is 11.3 Å². The lowest BCUT2D eigenvalue weighted by Gasteiger charge is -2.40. The van der Waals surface area contributed by atoms with Gasteiger partial charge in [-0.25, -0.2) is 4.79 Å². The standard InChI is InChI=1S/C19H28N2O4S/c1-19(2,3)25-18(23)20-11-14-16-13(8-10-26-16)7-9-21(14)15(12-5-6-12)17(22)24-4/h8,10,12,14-15H,5-7,9,11H2,1-4H3,(H,20,23). The highest BCUT2D eigenvalue weighted by molar-refractivity contribution is 7.10. The molecular formula is C19H28N2O4S. The smallest absolute Gasteiger partial charge is 0.407 e. The van der Waals surface area contributed by atoms with Crippen molar-refractivity contribution in [3.05, 3.63) is 21.9 Å². The fourth-order valence-corrected chi connectivity index (χ4v) is 4.65. The molecule has 0 radical (unpaired) electrons. The molecule has 7 heteroatoms. The Labute approximate surface area is 158 Å². The molecule has 2 heterocycles. The van der Waals surface area contributed by atoms with Crippen LogP contribution in [0.25, 0.3) is 0 Å². The average molecular weight is 381 g/mol. The summed E-state index contributed by atoms with van der Waals surface area (Å²) in [5.41, 5.74) is 0.772. The molecule has 1 saturated carbocycles. The fourth-order valence-electron chi connectivity index (χ4n) is 3.57. The first-order valence-corrected chi connectivity index (χ1v) is 10.0. The van der Waals surface area contributed by atoms with Gasteiger partial charge in [0, 0.05) is 18.0 Å². The summed E-state index contributed by atoms with van der Waals surface area (Å²) in [5.74, 6) is 0.183. The van der Waals surface area contributed by atoms with E-state index in [1.54, 1.807) is 11.3 Å². The van der Waals surface area contributed by atoms with Crippen LogP contribution in [0.4, 0.5) is 4.79 Å². The van der Waals surface area contributed by atoms with E-state index in [-0.39, 0.29) is 18.1 Å². The largest absolute Gasteiger partial charge is 0.468 e. The second-order valence-corrected chi connectivity index (χ2v) is 8.95. The number of alkyl carbamates (subject to hydrolysis) is 1. The van der Waals surface area contributed by atoms with Gasteiger partial charge in [-0.1, -0.05) is 0 Å². The SMILES string of the molecule is COC(=O)C(C1CC1)N1CCc2ccsc2C1CNC(=O)OC(C)(C)C. The number of amides is 1. The Kier molecular flexibility index (Phi) is 5.58. The summed E-state index contributed by atoms with van der Waals surface area (Å²) in [4.78, 5) is 28.0. The number of carbonyl (C=O) groups excluding carboxylic acids is 2. The average Bonchev–Trinajstić information content (AvgIpc) is 3.27. The van der Waals surface area contributed by atoms with Crippen LogP contribution < -0.4 is 5.32 Å². The van der Waals surface area contributed by atoms with Gasteiger partial charge in [-0.3, -0.25) is 9.69 Å². The zero-order chi connectivity index (χ0) is 18.9. The predicted octanol–water partition coefficient (Wildman–Crippen LogP) is 3.12. The monoisotopic (exact) mass is 380 g/mol. The molecule has 0 bridgehead atoms. The van der Waals surface area contributed by atoms with Crippen LogP contribution in [0.3, 0.4) is 0 Å². The van der Waals surface area contributed by atoms with Crippen LogP contribution in [0.1, 0.15) is 50.1 Å². The molecule has 1 aromatic rings. The molecule has 6 nitrogen and oxygen atoms in total. The Hall–Kier alpha value is -1.60. The van der Waals surface area contributed by atoms with Crippen LogP contribution in [-0.2, 0) is 20.7 Å². The van der Waals surface area contributed by atoms with E-state index in [4.69, 9.17) is 9.47 Å². The van der Waals surface area contributed by atoms with Crippen molar-refractivity contribution in [2.45, 2.75) is 57.7 Å². The maximum absolute atomic E-state index is 12.4. The molecule has 0 spiro atoms. The first-order chi connectivity index (χ1) is 12.3. The second-order valence-electron chi connectivity index (χ2n) is 8.00. The lowest BCUT2D eigenvalue weighted by molar-refractivity contribution is -0.149. The van der Waals surface area contributed by atoms with Crippen molar-refractivity contribution in [1.29, 1.82) is 0 Å². The third-order valence-corrected chi connectivity index (χ3v) is 5.89. The Bertz CT molecular complexity index is 663. The summed E-state index contributed by atoms with van der Waals surface area (Å²) in [6, 6.07) is 1.87. The summed E-state index contributed by atoms with van der Waals surface area (Å²) in [7, 11) is 1.45. The maximum atomic E-state index is 12.4. The minimum Gasteiger partial charge on any atom is -0.468 e. The van der Waals surface area contributed by atoms with Gasteiger partial charge in [0.15, 0.2) is 0 Å². The number of esters is 1. The van der Waals surface area contributed by atoms with Crippen LogP contribution in [0, 0.1) is 5.92 Å². The van der Waals surface area contributed by atoms with E-state index < -0.39 is 11.7 Å². The normalized spacial score (nSPS) is 21.6. The molecule has 1 N–H and O–H groups in total. The highest BCUT2D eigenvalue weighted by atomic mass is 32.1. The van der Waals surface area contributed by atoms with Gasteiger partial charge in [0.25, 0.3) is 0 Å². The number of fused-ring (bicyclic) bond motifs is 1. The number of methoxy groups -OCH3 is 1. The first-order valence-electron chi connectivity index (χ1n) is 9.17. The van der Waals surface area contributed by atoms with Crippen LogP contribution in [0.5, 0.6) is 0 Å². The first kappa shape index (κ1) is 19.2. The van der Waals surface area contributed by atoms with Crippen molar-refractivity contribution in [3.8, 4) is 0 Å². The van der Waals surface area contributed by atoms with Gasteiger partial charge in [-0.05, 0) is 63.0 Å². The molecule has 0 saturated heterocycles. The fraction of sp³-hybridized carbons (Fsp3) is 0.684. The van der Waals surface area contributed by atoms with Gasteiger partial charge in [0.2, 0.25) is 0 Å². The summed E-state index contributed by atoms with van der Waals surface area (Å²) < 4.78 is 10.5. The number of rotatable bonds is 5. The van der Waals surface area contributed by atoms with Crippen molar-refractivity contribution >= 4 is 23.4 Å². The molecule has 1 aromatic heterocycles. The maximum Gasteiger partial charge on any atom is 0.407 e. The summed E-state index contributed by atoms with van der Waals surface area (Å²) in [5, 5.41) is 4.97. The quantitative estimate of drug-likeness (QED) is 0.795. The number of carbonyl (C=O) groups is 2. The number of nitrogens with one attached hydrogen (secondary N) is 1. The molecule has 0 aromatic carbocycles. The van der Waals surface area contributed by atoms with Gasteiger partial charge in [0.1, 0.15) is 11.6 Å². The van der Waals surface area contributed by atoms with E-state index in [0.717, 1.165) is 25.8 Å². The molecule has 144 valence electrons. The number of ether oxygens (including phenoxy) is 2. The molecular weight excluding hydrogens is 352 g/mol. The molecule has 1 fully saturated rings. The van der Waals surface area contributed by atoms with E-state index in [1.165, 1.54) is 17.6 Å². The number of hydrogen-bond donors (Lipinski definition) is 1. The Morgan fingerprint density at radius 3 is 2.73 bits per heavy atom. The van der Waals surface area contributed by atoms with Gasteiger partial charge >= 0.3 is 12.1 Å². The lowest BCUT2D eigenvalue weighted by Crippen LogP contribution is -2.51. The van der Waals surface area contributed by atoms with E-state index in [0.29, 0.717) is 12.5 Å². The van der Waals surface area contributed by atoms with Crippen LogP contribution in [0.2, 0.25) is 0 Å². The van der Waals surface area contributed by atoms with Crippen molar-refractivity contribution < 1.29 is 19.1 Å². The molecule has 26 heavy (non-hydrogen) atoms. The minimum absolute atomic E-state index is 0.0315. The zero-order valence-electron chi connectivity index (χ0n) is 15.9. The van der Waals surface area contributed by atoms with Crippen molar-refractivity contribution in [3.63, 3.8) is 0 Å². The summed E-state index contributed by atoms with van der Waals surface area (Å²) >= 11 is 1.68. The third-order valence-electron chi connectivity index (χ3n) is 4.83. The van der Waals surface area contributed by atoms with Crippen LogP contribution in [0.15, 0.2) is 11.4 Å². The Morgan fingerprint density at radius 1 is 1.38 bits per heavy atom. The highest BCUT2D eigenvalue weighted by Crippen LogP contribution is 2.42. The summed E-state index contributed by atoms with van der Waals surface area (Å²) in [6.07, 6.45) is 2.60. The zero-order valence-corrected chi connectivity index (χ0v) is 16.7. The third kappa shape index (κ3) is 4.38. The Balaban J connectivity index is 1.77. The molecule has 2 unspecified atom stereocenters. The minimum atomic E-state index is -0.535. The molecule has 1 aliphatic heterocycles. The Morgan fingerprint density at radius 2 is 2.12 bits per heavy atom. The number of hydrogen-bond acceptors (Lipinski definition) is 6. The van der Waals surface area contributed by atoms with Crippen molar-refractivity contribution in [1.82, 2.24) is 10.2 Å². The molecule has 2 atom stereocenters. The number of nitrogens with zero attached hydrogens (tertiary/aromatic N) is 1. The van der Waals surface area contributed by atoms with Crippen LogP contribution in [-0.4, -0.2) is 48.8 Å². The summed E-state index contributed by atoms with van der Waals surface area (Å²) in [6.45, 7) is 6.75. The molecule has 2 aliphatic rings. The highest BCUT2D eigenvalue weighted by Gasteiger charge is 2.45. The second kappa shape index (κ2) is 7.56. The number of thiophene rings is 1. The predicted molar refractivity (Wildman–Crippen MR) is 100 cm³/mol. The van der Waals surface area contributed by atoms with E-state index in [2.05, 4.69) is 21.7 Å². The molecule has 1 amide bonds. The van der Waals surface area contributed by atoms with Crippen molar-refractivity contribution in [2.75, 3.05) is 20.2 Å². The lowest BCUT2D eigenvalue weighted by atomic mass is 9.97. The van der Waals surface area contributed by atoms with Gasteiger partial charge in [0.05, 0.1) is 13.2 Å². The molecule has 3 rings (SSSR count). The van der Waals surface area contributed by atoms with Crippen molar-refractivity contribution in [2.24, 2.45) is 5.92 Å². The topological polar surface area (TPSA) is 67.9 Å². The van der Waals surface area contributed by atoms with Gasteiger partial charge < -0.3 is 14.8 Å².